The Labute approximate surface area is 548 Å². The van der Waals surface area contributed by atoms with Gasteiger partial charge in [-0.1, -0.05) is 0 Å². The maximum Gasteiger partial charge on any atom is 0.310 e. The van der Waals surface area contributed by atoms with Gasteiger partial charge in [-0.05, 0) is 95.8 Å². The van der Waals surface area contributed by atoms with Crippen LogP contribution in [-0.2, 0) is 75.1 Å². The predicted octanol–water partition coefficient (Wildman–Crippen LogP) is 2.34. The van der Waals surface area contributed by atoms with Gasteiger partial charge >= 0.3 is 11.9 Å². The fourth-order valence-electron chi connectivity index (χ4n) is 14.1. The number of phosphoric acid groups is 1. The lowest BCUT2D eigenvalue weighted by molar-refractivity contribution is -0.364. The van der Waals surface area contributed by atoms with Gasteiger partial charge in [0, 0.05) is 37.0 Å². The lowest BCUT2D eigenvalue weighted by Crippen LogP contribution is -2.63. The van der Waals surface area contributed by atoms with Gasteiger partial charge in [-0.3, -0.25) is 18.7 Å². The summed E-state index contributed by atoms with van der Waals surface area (Å²) in [4.78, 5) is 49.1. The number of hydrogen-bond donors (Lipinski definition) is 4. The van der Waals surface area contributed by atoms with Crippen LogP contribution in [0, 0.1) is 23.7 Å². The van der Waals surface area contributed by atoms with E-state index in [-0.39, 0.29) is 69.8 Å². The molecule has 6 fully saturated rings. The molecule has 14 rings (SSSR count). The summed E-state index contributed by atoms with van der Waals surface area (Å²) in [7, 11) is -2.51. The first-order chi connectivity index (χ1) is 45.9. The number of ether oxygens (including phenoxy) is 20. The van der Waals surface area contributed by atoms with Crippen molar-refractivity contribution in [1.82, 2.24) is 0 Å². The molecule has 4 aromatic carbocycles. The lowest BCUT2D eigenvalue weighted by Gasteiger charge is -2.47. The molecular formula is C62H72O32P2-2. The number of phosphoric ester groups is 1. The van der Waals surface area contributed by atoms with Crippen LogP contribution in [-0.4, -0.2) is 202 Å². The molecule has 20 atom stereocenters. The maximum atomic E-state index is 13.6. The summed E-state index contributed by atoms with van der Waals surface area (Å²) in [6.45, 7) is 5.33. The highest BCUT2D eigenvalue weighted by Gasteiger charge is 2.59. The molecular weight excluding hydrogens is 1320 g/mol. The second-order valence-corrected chi connectivity index (χ2v) is 28.3. The van der Waals surface area contributed by atoms with Crippen LogP contribution in [0.25, 0.3) is 0 Å². The standard InChI is InChI=1S/C32H39O15P.C30H35O17P/c1-14-39-11-23-30(45-14)26(33)27(34)32(46-23)47-28-17-9-20-19(41-12-42-20)8-16(17)24(25-18(28)10-40-31(25)35)15-6-21(37-2)29(22(7-15)38-3)43-13-44-48(4,5)36;1-12-39-9-21-28(45-12)24(31)25(32)30(46-21)47-26-15-7-18-17(41-10-42-18)6-14(15)22(23-16(26)8-40-29(23)33)13-4-19(37-2)27(20(5-13)38-3)43-11-44-48(34,35)36/h6-9,14,18,23-28,30,32-34H,10-13H2,1-5H3;4-7,12,16,21-26,28,30-32H,8-11H2,1-3H3,(H2,34,35,36)/p-2/t14?,18-,23+,24+,25-,26?,27?,28?,30?,32?;12?,16-,21+,22+,23-,24?,25?,26?,28?,30?/m00/s1. The summed E-state index contributed by atoms with van der Waals surface area (Å²) in [6.07, 6.45) is -14.1. The SMILES string of the molecule is COc1cc([C@@H]2c3cc4c(cc3C(OC3O[C@@H]5COC(C)OC5C(O)C3O)[C@H]3COC(=O)[C@H]23)OCO4)cc(OC)c1OCOP(=O)([O-])[O-].COc1cc([C@@H]2c3cc4c(cc3C(OC3O[C@@H]5COC(C)OC5C(O)C3O)[C@H]3COC(=O)[C@H]23)OCO4)cc(OC)c1OCOP(C)(C)=O. The summed E-state index contributed by atoms with van der Waals surface area (Å²) in [5.74, 6) is -2.16. The topological polar surface area (TPSA) is 398 Å². The fraction of sp³-hybridized carbons (Fsp3) is 0.581. The minimum Gasteiger partial charge on any atom is -0.790 e. The number of methoxy groups -OCH3 is 4. The summed E-state index contributed by atoms with van der Waals surface area (Å²) in [6, 6.07) is 13.8. The molecule has 8 heterocycles. The summed E-state index contributed by atoms with van der Waals surface area (Å²) < 4.78 is 148. The summed E-state index contributed by atoms with van der Waals surface area (Å²) >= 11 is 0. The number of carbonyl (C=O) groups excluding carboxylic acids is 2. The van der Waals surface area contributed by atoms with Gasteiger partial charge in [0.15, 0.2) is 92.1 Å². The van der Waals surface area contributed by atoms with Gasteiger partial charge in [0.2, 0.25) is 25.1 Å². The Bertz CT molecular complexity index is 3370. The Morgan fingerprint density at radius 2 is 0.854 bits per heavy atom. The van der Waals surface area contributed by atoms with Gasteiger partial charge in [0.1, 0.15) is 48.8 Å². The van der Waals surface area contributed by atoms with E-state index in [0.717, 1.165) is 0 Å². The lowest BCUT2D eigenvalue weighted by atomic mass is 9.66. The van der Waals surface area contributed by atoms with Crippen LogP contribution in [0.1, 0.15) is 71.3 Å². The maximum absolute atomic E-state index is 13.6. The zero-order valence-corrected chi connectivity index (χ0v) is 54.7. The number of aliphatic hydroxyl groups is 4. The quantitative estimate of drug-likeness (QED) is 0.0631. The van der Waals surface area contributed by atoms with Crippen LogP contribution in [0.2, 0.25) is 0 Å². The van der Waals surface area contributed by atoms with Crippen molar-refractivity contribution in [2.45, 2.75) is 112 Å². The molecule has 0 aromatic heterocycles. The van der Waals surface area contributed by atoms with Crippen molar-refractivity contribution in [3.8, 4) is 57.5 Å². The number of rotatable bonds is 18. The van der Waals surface area contributed by atoms with Gasteiger partial charge < -0.3 is 134 Å². The van der Waals surface area contributed by atoms with E-state index in [1.54, 1.807) is 56.3 Å². The zero-order chi connectivity index (χ0) is 67.8. The van der Waals surface area contributed by atoms with Crippen molar-refractivity contribution in [2.75, 3.05) is 95.4 Å². The van der Waals surface area contributed by atoms with Gasteiger partial charge in [0.25, 0.3) is 0 Å². The number of aliphatic hydroxyl groups excluding tert-OH is 4. The third-order valence-corrected chi connectivity index (χ3v) is 19.6. The number of fused-ring (bicyclic) bond motifs is 8. The second-order valence-electron chi connectivity index (χ2n) is 24.4. The highest BCUT2D eigenvalue weighted by atomic mass is 31.2. The molecule has 6 saturated heterocycles. The Balaban J connectivity index is 0.000000174. The minimum atomic E-state index is -5.32. The molecule has 4 aromatic rings. The molecule has 12 unspecified atom stereocenters. The average molecular weight is 1390 g/mol. The number of cyclic esters (lactones) is 2. The van der Waals surface area contributed by atoms with Crippen LogP contribution in [0.5, 0.6) is 57.5 Å². The number of esters is 2. The van der Waals surface area contributed by atoms with Crippen LogP contribution < -0.4 is 57.2 Å². The van der Waals surface area contributed by atoms with Gasteiger partial charge in [-0.25, -0.2) is 0 Å². The van der Waals surface area contributed by atoms with E-state index in [9.17, 15) is 48.9 Å². The largest absolute Gasteiger partial charge is 0.790 e. The third-order valence-electron chi connectivity index (χ3n) is 18.4. The molecule has 32 nitrogen and oxygen atoms in total. The summed E-state index contributed by atoms with van der Waals surface area (Å²) in [5.41, 5.74) is 3.72. The molecule has 2 aliphatic carbocycles. The van der Waals surface area contributed by atoms with Crippen LogP contribution >= 0.6 is 15.2 Å². The van der Waals surface area contributed by atoms with Gasteiger partial charge in [-0.2, -0.15) is 0 Å². The normalized spacial score (nSPS) is 33.7. The van der Waals surface area contributed by atoms with Gasteiger partial charge in [0.05, 0.1) is 86.7 Å². The highest BCUT2D eigenvalue weighted by Crippen LogP contribution is 2.60. The minimum absolute atomic E-state index is 0.0135. The van der Waals surface area contributed by atoms with E-state index < -0.39 is 156 Å². The highest BCUT2D eigenvalue weighted by molar-refractivity contribution is 7.57. The molecule has 0 amide bonds. The zero-order valence-electron chi connectivity index (χ0n) is 52.9. The average Bonchev–Trinajstić information content (AvgIpc) is 1.40. The number of benzene rings is 4. The second kappa shape index (κ2) is 27.4. The van der Waals surface area contributed by atoms with E-state index in [1.807, 2.05) is 6.07 Å². The van der Waals surface area contributed by atoms with Crippen LogP contribution in [0.4, 0.5) is 0 Å². The molecule has 8 aliphatic heterocycles. The van der Waals surface area contributed by atoms with E-state index in [0.29, 0.717) is 67.9 Å². The van der Waals surface area contributed by atoms with E-state index >= 15 is 0 Å². The molecule has 10 aliphatic rings. The predicted molar refractivity (Wildman–Crippen MR) is 314 cm³/mol. The Hall–Kier alpha value is -6.36. The smallest absolute Gasteiger partial charge is 0.310 e. The van der Waals surface area contributed by atoms with Crippen molar-refractivity contribution in [3.05, 3.63) is 81.9 Å². The molecule has 96 heavy (non-hydrogen) atoms. The van der Waals surface area contributed by atoms with Crippen molar-refractivity contribution in [3.63, 3.8) is 0 Å². The van der Waals surface area contributed by atoms with E-state index in [4.69, 9.17) is 99.3 Å². The van der Waals surface area contributed by atoms with Gasteiger partial charge in [-0.15, -0.1) is 0 Å². The molecule has 524 valence electrons. The fourth-order valence-corrected chi connectivity index (χ4v) is 14.6. The van der Waals surface area contributed by atoms with Crippen LogP contribution in [0.15, 0.2) is 48.5 Å². The molecule has 0 radical (unpaired) electrons. The van der Waals surface area contributed by atoms with Crippen molar-refractivity contribution in [1.29, 1.82) is 0 Å². The monoisotopic (exact) mass is 1390 g/mol. The molecule has 0 saturated carbocycles. The first-order valence-electron chi connectivity index (χ1n) is 30.7. The Kier molecular flexibility index (Phi) is 19.5. The third kappa shape index (κ3) is 13.2. The first kappa shape index (κ1) is 68.2. The Morgan fingerprint density at radius 1 is 0.490 bits per heavy atom. The first-order valence-corrected chi connectivity index (χ1v) is 34.6. The van der Waals surface area contributed by atoms with Crippen LogP contribution in [0.3, 0.4) is 0 Å². The molecule has 34 heteroatoms. The molecule has 0 spiro atoms. The number of hydrogen-bond acceptors (Lipinski definition) is 32. The molecule has 0 bridgehead atoms. The Morgan fingerprint density at radius 3 is 1.21 bits per heavy atom. The summed E-state index contributed by atoms with van der Waals surface area (Å²) in [5, 5.41) is 44.2. The number of carbonyl (C=O) groups is 2. The van der Waals surface area contributed by atoms with Crippen molar-refractivity contribution in [2.24, 2.45) is 23.7 Å². The van der Waals surface area contributed by atoms with E-state index in [1.165, 1.54) is 41.8 Å². The van der Waals surface area contributed by atoms with Crippen molar-refractivity contribution < 1.29 is 153 Å². The van der Waals surface area contributed by atoms with E-state index in [2.05, 4.69) is 4.52 Å². The molecule has 4 N–H and O–H groups in total. The van der Waals surface area contributed by atoms with Crippen molar-refractivity contribution >= 4 is 27.1 Å².